The van der Waals surface area contributed by atoms with Crippen LogP contribution in [0.25, 0.3) is 0 Å². The summed E-state index contributed by atoms with van der Waals surface area (Å²) in [6.45, 7) is 4.62. The molecular weight excluding hydrogens is 144 g/mol. The fraction of sp³-hybridized carbons (Fsp3) is 0.714. The van der Waals surface area contributed by atoms with Crippen LogP contribution < -0.4 is 10.6 Å². The molecule has 66 valence electrons. The molecule has 0 saturated carbocycles. The molecule has 0 aliphatic heterocycles. The SMILES string of the molecule is CC(=O)NCC=O.CCNC. The third-order valence-corrected chi connectivity index (χ3v) is 0.788. The number of hydrogen-bond donors (Lipinski definition) is 2. The molecule has 11 heavy (non-hydrogen) atoms. The zero-order chi connectivity index (χ0) is 9.11. The van der Waals surface area contributed by atoms with Gasteiger partial charge in [-0.3, -0.25) is 4.79 Å². The molecule has 0 aromatic rings. The van der Waals surface area contributed by atoms with Crippen LogP contribution in [0.3, 0.4) is 0 Å². The highest BCUT2D eigenvalue weighted by Crippen LogP contribution is 1.53. The number of aldehydes is 1. The van der Waals surface area contributed by atoms with E-state index in [1.807, 2.05) is 7.05 Å². The predicted octanol–water partition coefficient (Wildman–Crippen LogP) is -0.453. The van der Waals surface area contributed by atoms with Crippen LogP contribution in [-0.2, 0) is 9.59 Å². The van der Waals surface area contributed by atoms with Crippen LogP contribution in [0.1, 0.15) is 13.8 Å². The van der Waals surface area contributed by atoms with Crippen molar-refractivity contribution < 1.29 is 9.59 Å². The summed E-state index contributed by atoms with van der Waals surface area (Å²) in [5.74, 6) is -0.174. The lowest BCUT2D eigenvalue weighted by Crippen LogP contribution is -2.21. The summed E-state index contributed by atoms with van der Waals surface area (Å²) in [4.78, 5) is 19.4. The molecule has 0 spiro atoms. The maximum absolute atomic E-state index is 9.93. The summed E-state index contributed by atoms with van der Waals surface area (Å²) in [5, 5.41) is 5.22. The van der Waals surface area contributed by atoms with Crippen LogP contribution >= 0.6 is 0 Å². The van der Waals surface area contributed by atoms with Gasteiger partial charge in [-0.2, -0.15) is 0 Å². The summed E-state index contributed by atoms with van der Waals surface area (Å²) in [6.07, 6.45) is 0.640. The molecule has 4 nitrogen and oxygen atoms in total. The van der Waals surface area contributed by atoms with Gasteiger partial charge in [-0.05, 0) is 13.6 Å². The van der Waals surface area contributed by atoms with Crippen LogP contribution in [0.2, 0.25) is 0 Å². The lowest BCUT2D eigenvalue weighted by molar-refractivity contribution is -0.120. The Morgan fingerprint density at radius 1 is 1.55 bits per heavy atom. The Labute approximate surface area is 67.4 Å². The number of hydrogen-bond acceptors (Lipinski definition) is 3. The van der Waals surface area contributed by atoms with Crippen LogP contribution in [0.4, 0.5) is 0 Å². The third kappa shape index (κ3) is 27.3. The number of nitrogens with one attached hydrogen (secondary N) is 2. The first-order chi connectivity index (χ1) is 5.18. The van der Waals surface area contributed by atoms with Crippen molar-refractivity contribution in [3.8, 4) is 0 Å². The van der Waals surface area contributed by atoms with Crippen LogP contribution in [0.15, 0.2) is 0 Å². The van der Waals surface area contributed by atoms with E-state index >= 15 is 0 Å². The fourth-order valence-corrected chi connectivity index (χ4v) is 0.185. The monoisotopic (exact) mass is 160 g/mol. The summed E-state index contributed by atoms with van der Waals surface area (Å²) >= 11 is 0. The Hall–Kier alpha value is -0.900. The van der Waals surface area contributed by atoms with Crippen molar-refractivity contribution in [2.75, 3.05) is 20.1 Å². The second-order valence-electron chi connectivity index (χ2n) is 1.81. The van der Waals surface area contributed by atoms with E-state index < -0.39 is 0 Å². The molecule has 2 N–H and O–H groups in total. The molecule has 0 radical (unpaired) electrons. The van der Waals surface area contributed by atoms with E-state index in [0.717, 1.165) is 6.54 Å². The Kier molecular flexibility index (Phi) is 13.7. The van der Waals surface area contributed by atoms with E-state index in [1.54, 1.807) is 0 Å². The second-order valence-corrected chi connectivity index (χ2v) is 1.81. The Bertz CT molecular complexity index is 103. The summed E-state index contributed by atoms with van der Waals surface area (Å²) in [6, 6.07) is 0. The minimum absolute atomic E-state index is 0.120. The van der Waals surface area contributed by atoms with Crippen LogP contribution in [0, 0.1) is 0 Å². The van der Waals surface area contributed by atoms with Gasteiger partial charge in [0.2, 0.25) is 5.91 Å². The summed E-state index contributed by atoms with van der Waals surface area (Å²) < 4.78 is 0. The molecule has 0 rings (SSSR count). The van der Waals surface area contributed by atoms with Crippen molar-refractivity contribution >= 4 is 12.2 Å². The topological polar surface area (TPSA) is 58.2 Å². The molecule has 4 heteroatoms. The number of amides is 1. The standard InChI is InChI=1S/C4H7NO2.C3H9N/c1-4(7)5-2-3-6;1-3-4-2/h3H,2H2,1H3,(H,5,7);4H,3H2,1-2H3. The number of rotatable bonds is 3. The zero-order valence-electron chi connectivity index (χ0n) is 7.31. The highest BCUT2D eigenvalue weighted by Gasteiger charge is 1.83. The zero-order valence-corrected chi connectivity index (χ0v) is 7.31. The van der Waals surface area contributed by atoms with Crippen LogP contribution in [-0.4, -0.2) is 32.3 Å². The molecule has 0 fully saturated rings. The maximum atomic E-state index is 9.93. The third-order valence-electron chi connectivity index (χ3n) is 0.788. The van der Waals surface area contributed by atoms with Gasteiger partial charge in [-0.15, -0.1) is 0 Å². The van der Waals surface area contributed by atoms with E-state index in [4.69, 9.17) is 0 Å². The Morgan fingerprint density at radius 3 is 2.09 bits per heavy atom. The molecule has 0 aromatic heterocycles. The van der Waals surface area contributed by atoms with Gasteiger partial charge in [-0.25, -0.2) is 0 Å². The van der Waals surface area contributed by atoms with Crippen molar-refractivity contribution in [2.45, 2.75) is 13.8 Å². The number of carbonyl (C=O) groups is 2. The minimum Gasteiger partial charge on any atom is -0.350 e. The predicted molar refractivity (Wildman–Crippen MR) is 44.3 cm³/mol. The first kappa shape index (κ1) is 12.7. The first-order valence-electron chi connectivity index (χ1n) is 3.51. The largest absolute Gasteiger partial charge is 0.350 e. The molecule has 0 aromatic carbocycles. The van der Waals surface area contributed by atoms with Gasteiger partial charge >= 0.3 is 0 Å². The maximum Gasteiger partial charge on any atom is 0.217 e. The Morgan fingerprint density at radius 2 is 2.00 bits per heavy atom. The molecule has 1 amide bonds. The van der Waals surface area contributed by atoms with Gasteiger partial charge < -0.3 is 15.4 Å². The Balaban J connectivity index is 0. The van der Waals surface area contributed by atoms with E-state index in [2.05, 4.69) is 17.6 Å². The molecule has 0 aliphatic carbocycles. The van der Waals surface area contributed by atoms with Crippen molar-refractivity contribution in [1.29, 1.82) is 0 Å². The highest BCUT2D eigenvalue weighted by molar-refractivity contribution is 5.75. The average molecular weight is 160 g/mol. The van der Waals surface area contributed by atoms with Crippen molar-refractivity contribution in [2.24, 2.45) is 0 Å². The van der Waals surface area contributed by atoms with Crippen LogP contribution in [0.5, 0.6) is 0 Å². The second kappa shape index (κ2) is 11.8. The smallest absolute Gasteiger partial charge is 0.217 e. The first-order valence-corrected chi connectivity index (χ1v) is 3.51. The number of carbonyl (C=O) groups excluding carboxylic acids is 2. The molecule has 0 heterocycles. The van der Waals surface area contributed by atoms with Gasteiger partial charge in [0.15, 0.2) is 0 Å². The highest BCUT2D eigenvalue weighted by atomic mass is 16.1. The minimum atomic E-state index is -0.174. The average Bonchev–Trinajstić information content (AvgIpc) is 2.01. The lowest BCUT2D eigenvalue weighted by atomic mass is 10.6. The van der Waals surface area contributed by atoms with Gasteiger partial charge in [0.05, 0.1) is 6.54 Å². The molecule has 0 bridgehead atoms. The van der Waals surface area contributed by atoms with E-state index in [0.29, 0.717) is 6.29 Å². The van der Waals surface area contributed by atoms with Gasteiger partial charge in [0.1, 0.15) is 6.29 Å². The van der Waals surface area contributed by atoms with Gasteiger partial charge in [0.25, 0.3) is 0 Å². The molecule has 0 aliphatic rings. The lowest BCUT2D eigenvalue weighted by Gasteiger charge is -1.88. The van der Waals surface area contributed by atoms with Gasteiger partial charge in [-0.1, -0.05) is 6.92 Å². The van der Waals surface area contributed by atoms with E-state index in [9.17, 15) is 9.59 Å². The normalized spacial score (nSPS) is 7.55. The summed E-state index contributed by atoms with van der Waals surface area (Å²) in [7, 11) is 1.93. The molecule has 0 saturated heterocycles. The van der Waals surface area contributed by atoms with Crippen molar-refractivity contribution in [3.05, 3.63) is 0 Å². The summed E-state index contributed by atoms with van der Waals surface area (Å²) in [5.41, 5.74) is 0. The van der Waals surface area contributed by atoms with Crippen molar-refractivity contribution in [1.82, 2.24) is 10.6 Å². The van der Waals surface area contributed by atoms with Crippen molar-refractivity contribution in [3.63, 3.8) is 0 Å². The molecule has 0 unspecified atom stereocenters. The van der Waals surface area contributed by atoms with E-state index in [1.165, 1.54) is 6.92 Å². The molecular formula is C7H16N2O2. The quantitative estimate of drug-likeness (QED) is 0.550. The van der Waals surface area contributed by atoms with E-state index in [-0.39, 0.29) is 12.5 Å². The van der Waals surface area contributed by atoms with Gasteiger partial charge in [0, 0.05) is 6.92 Å². The molecule has 0 atom stereocenters. The fourth-order valence-electron chi connectivity index (χ4n) is 0.185.